The highest BCUT2D eigenvalue weighted by Crippen LogP contribution is 2.20. The Morgan fingerprint density at radius 2 is 2.22 bits per heavy atom. The smallest absolute Gasteiger partial charge is 0.125 e. The molecule has 4 heteroatoms. The standard InChI is InChI=1S/C14H20FN3/c1-3-6-18-13-5-4-11(15)8-12(13)17-14(18)7-10(2)9-16/h4-5,8,10H,3,6-7,9,16H2,1-2H3. The van der Waals surface area contributed by atoms with Gasteiger partial charge in [0.05, 0.1) is 11.0 Å². The number of nitrogens with two attached hydrogens (primary N) is 1. The molecule has 0 aliphatic rings. The van der Waals surface area contributed by atoms with E-state index < -0.39 is 0 Å². The Labute approximate surface area is 107 Å². The Morgan fingerprint density at radius 1 is 1.44 bits per heavy atom. The molecule has 1 heterocycles. The molecule has 0 aliphatic heterocycles. The van der Waals surface area contributed by atoms with E-state index in [0.29, 0.717) is 12.5 Å². The fraction of sp³-hybridized carbons (Fsp3) is 0.500. The highest BCUT2D eigenvalue weighted by Gasteiger charge is 2.13. The topological polar surface area (TPSA) is 43.8 Å². The number of rotatable bonds is 5. The summed E-state index contributed by atoms with van der Waals surface area (Å²) < 4.78 is 15.4. The van der Waals surface area contributed by atoms with Crippen molar-refractivity contribution in [3.8, 4) is 0 Å². The summed E-state index contributed by atoms with van der Waals surface area (Å²) in [5.41, 5.74) is 7.42. The minimum atomic E-state index is -0.234. The molecular weight excluding hydrogens is 229 g/mol. The third kappa shape index (κ3) is 2.53. The van der Waals surface area contributed by atoms with E-state index >= 15 is 0 Å². The van der Waals surface area contributed by atoms with Crippen LogP contribution < -0.4 is 5.73 Å². The maximum absolute atomic E-state index is 13.2. The second-order valence-corrected chi connectivity index (χ2v) is 4.86. The second kappa shape index (κ2) is 5.48. The van der Waals surface area contributed by atoms with Crippen molar-refractivity contribution in [2.75, 3.05) is 6.54 Å². The predicted octanol–water partition coefficient (Wildman–Crippen LogP) is 2.72. The number of nitrogens with zero attached hydrogens (tertiary/aromatic N) is 2. The molecule has 0 spiro atoms. The van der Waals surface area contributed by atoms with Gasteiger partial charge in [0.25, 0.3) is 0 Å². The molecule has 0 radical (unpaired) electrons. The van der Waals surface area contributed by atoms with E-state index in [0.717, 1.165) is 36.2 Å². The molecule has 0 aliphatic carbocycles. The first-order chi connectivity index (χ1) is 8.65. The molecule has 2 rings (SSSR count). The van der Waals surface area contributed by atoms with E-state index in [1.165, 1.54) is 12.1 Å². The Hall–Kier alpha value is -1.42. The van der Waals surface area contributed by atoms with Crippen molar-refractivity contribution in [2.45, 2.75) is 33.2 Å². The van der Waals surface area contributed by atoms with Gasteiger partial charge in [0.15, 0.2) is 0 Å². The number of fused-ring (bicyclic) bond motifs is 1. The van der Waals surface area contributed by atoms with Gasteiger partial charge >= 0.3 is 0 Å². The van der Waals surface area contributed by atoms with Crippen molar-refractivity contribution >= 4 is 11.0 Å². The fourth-order valence-corrected chi connectivity index (χ4v) is 2.18. The lowest BCUT2D eigenvalue weighted by molar-refractivity contribution is 0.544. The molecule has 2 N–H and O–H groups in total. The summed E-state index contributed by atoms with van der Waals surface area (Å²) in [6, 6.07) is 4.80. The van der Waals surface area contributed by atoms with Crippen LogP contribution in [0.1, 0.15) is 26.1 Å². The molecule has 0 saturated heterocycles. The average Bonchev–Trinajstić information content (AvgIpc) is 2.67. The van der Waals surface area contributed by atoms with Gasteiger partial charge in [-0.2, -0.15) is 0 Å². The summed E-state index contributed by atoms with van der Waals surface area (Å²) in [7, 11) is 0. The van der Waals surface area contributed by atoms with E-state index in [2.05, 4.69) is 23.4 Å². The zero-order chi connectivity index (χ0) is 13.1. The van der Waals surface area contributed by atoms with Crippen LogP contribution in [0, 0.1) is 11.7 Å². The Bertz CT molecular complexity index is 533. The molecule has 0 saturated carbocycles. The summed E-state index contributed by atoms with van der Waals surface area (Å²) in [5, 5.41) is 0. The largest absolute Gasteiger partial charge is 0.330 e. The molecule has 0 amide bonds. The summed E-state index contributed by atoms with van der Waals surface area (Å²) >= 11 is 0. The molecule has 18 heavy (non-hydrogen) atoms. The fourth-order valence-electron chi connectivity index (χ4n) is 2.18. The van der Waals surface area contributed by atoms with E-state index in [9.17, 15) is 4.39 Å². The number of benzene rings is 1. The SMILES string of the molecule is CCCn1c(CC(C)CN)nc2cc(F)ccc21. The predicted molar refractivity (Wildman–Crippen MR) is 71.9 cm³/mol. The second-order valence-electron chi connectivity index (χ2n) is 4.86. The lowest BCUT2D eigenvalue weighted by Gasteiger charge is -2.11. The Morgan fingerprint density at radius 3 is 2.89 bits per heavy atom. The van der Waals surface area contributed by atoms with Crippen LogP contribution in [-0.4, -0.2) is 16.1 Å². The van der Waals surface area contributed by atoms with Crippen LogP contribution in [0.4, 0.5) is 4.39 Å². The molecule has 1 aromatic carbocycles. The monoisotopic (exact) mass is 249 g/mol. The van der Waals surface area contributed by atoms with Crippen molar-refractivity contribution < 1.29 is 4.39 Å². The van der Waals surface area contributed by atoms with Crippen molar-refractivity contribution in [1.29, 1.82) is 0 Å². The maximum Gasteiger partial charge on any atom is 0.125 e. The Balaban J connectivity index is 2.46. The zero-order valence-electron chi connectivity index (χ0n) is 11.0. The minimum absolute atomic E-state index is 0.234. The lowest BCUT2D eigenvalue weighted by atomic mass is 10.1. The van der Waals surface area contributed by atoms with Crippen LogP contribution in [0.25, 0.3) is 11.0 Å². The Kier molecular flexibility index (Phi) is 3.97. The molecule has 1 unspecified atom stereocenters. The van der Waals surface area contributed by atoms with Gasteiger partial charge in [-0.1, -0.05) is 13.8 Å². The van der Waals surface area contributed by atoms with Gasteiger partial charge in [-0.25, -0.2) is 9.37 Å². The first-order valence-corrected chi connectivity index (χ1v) is 6.50. The number of hydrogen-bond acceptors (Lipinski definition) is 2. The number of imidazole rings is 1. The van der Waals surface area contributed by atoms with E-state index in [1.54, 1.807) is 0 Å². The van der Waals surface area contributed by atoms with Gasteiger partial charge in [0, 0.05) is 19.0 Å². The van der Waals surface area contributed by atoms with E-state index in [4.69, 9.17) is 5.73 Å². The summed E-state index contributed by atoms with van der Waals surface area (Å²) in [5.74, 6) is 1.17. The van der Waals surface area contributed by atoms with E-state index in [-0.39, 0.29) is 5.82 Å². The van der Waals surface area contributed by atoms with Crippen molar-refractivity contribution in [3.05, 3.63) is 29.8 Å². The number of aromatic nitrogens is 2. The molecule has 3 nitrogen and oxygen atoms in total. The quantitative estimate of drug-likeness (QED) is 0.885. The summed E-state index contributed by atoms with van der Waals surface area (Å²) in [6.45, 7) is 5.79. The van der Waals surface area contributed by atoms with Crippen LogP contribution in [0.2, 0.25) is 0 Å². The molecule has 1 atom stereocenters. The van der Waals surface area contributed by atoms with Crippen molar-refractivity contribution in [2.24, 2.45) is 11.7 Å². The van der Waals surface area contributed by atoms with Gasteiger partial charge in [-0.3, -0.25) is 0 Å². The van der Waals surface area contributed by atoms with Crippen LogP contribution in [0.5, 0.6) is 0 Å². The van der Waals surface area contributed by atoms with Crippen LogP contribution in [0.15, 0.2) is 18.2 Å². The molecule has 1 aromatic heterocycles. The van der Waals surface area contributed by atoms with Crippen LogP contribution >= 0.6 is 0 Å². The van der Waals surface area contributed by atoms with Gasteiger partial charge < -0.3 is 10.3 Å². The maximum atomic E-state index is 13.2. The molecule has 98 valence electrons. The normalized spacial score (nSPS) is 13.1. The first-order valence-electron chi connectivity index (χ1n) is 6.50. The van der Waals surface area contributed by atoms with Crippen LogP contribution in [0.3, 0.4) is 0 Å². The average molecular weight is 249 g/mol. The summed E-state index contributed by atoms with van der Waals surface area (Å²) in [6.07, 6.45) is 1.87. The third-order valence-corrected chi connectivity index (χ3v) is 3.17. The van der Waals surface area contributed by atoms with Crippen LogP contribution in [-0.2, 0) is 13.0 Å². The lowest BCUT2D eigenvalue weighted by Crippen LogP contribution is -2.16. The first kappa shape index (κ1) is 13.0. The van der Waals surface area contributed by atoms with Gasteiger partial charge in [0.2, 0.25) is 0 Å². The molecular formula is C14H20FN3. The molecule has 2 aromatic rings. The van der Waals surface area contributed by atoms with Gasteiger partial charge in [0.1, 0.15) is 11.6 Å². The number of aryl methyl sites for hydroxylation is 1. The highest BCUT2D eigenvalue weighted by molar-refractivity contribution is 5.76. The third-order valence-electron chi connectivity index (χ3n) is 3.17. The van der Waals surface area contributed by atoms with E-state index in [1.807, 2.05) is 6.07 Å². The molecule has 0 fully saturated rings. The zero-order valence-corrected chi connectivity index (χ0v) is 11.0. The van der Waals surface area contributed by atoms with Gasteiger partial charge in [-0.05, 0) is 31.0 Å². The van der Waals surface area contributed by atoms with Crippen molar-refractivity contribution in [1.82, 2.24) is 9.55 Å². The van der Waals surface area contributed by atoms with Gasteiger partial charge in [-0.15, -0.1) is 0 Å². The molecule has 0 bridgehead atoms. The number of hydrogen-bond donors (Lipinski definition) is 1. The highest BCUT2D eigenvalue weighted by atomic mass is 19.1. The van der Waals surface area contributed by atoms with Crippen molar-refractivity contribution in [3.63, 3.8) is 0 Å². The minimum Gasteiger partial charge on any atom is -0.330 e. The number of halogens is 1. The summed E-state index contributed by atoms with van der Waals surface area (Å²) in [4.78, 5) is 4.55.